The van der Waals surface area contributed by atoms with Gasteiger partial charge in [0, 0.05) is 0 Å². The third-order valence-electron chi connectivity index (χ3n) is 3.16. The van der Waals surface area contributed by atoms with Gasteiger partial charge in [-0.2, -0.15) is 0 Å². The van der Waals surface area contributed by atoms with Crippen molar-refractivity contribution in [2.24, 2.45) is 0 Å². The lowest BCUT2D eigenvalue weighted by atomic mass is 10.0. The molecule has 0 spiro atoms. The van der Waals surface area contributed by atoms with Crippen LogP contribution < -0.4 is 0 Å². The Bertz CT molecular complexity index is 168. The van der Waals surface area contributed by atoms with Crippen molar-refractivity contribution in [3.05, 3.63) is 0 Å². The summed E-state index contributed by atoms with van der Waals surface area (Å²) in [6.45, 7) is 2.22. The van der Waals surface area contributed by atoms with E-state index in [0.717, 1.165) is 32.0 Å². The van der Waals surface area contributed by atoms with E-state index < -0.39 is 0 Å². The van der Waals surface area contributed by atoms with Crippen LogP contribution in [0.2, 0.25) is 0 Å². The molecule has 1 heterocycles. The molecule has 0 N–H and O–H groups in total. The van der Waals surface area contributed by atoms with Crippen molar-refractivity contribution in [2.45, 2.75) is 76.9 Å². The first kappa shape index (κ1) is 12.7. The maximum Gasteiger partial charge on any atom is 0.148 e. The van der Waals surface area contributed by atoms with E-state index in [4.69, 9.17) is 4.74 Å². The van der Waals surface area contributed by atoms with Crippen LogP contribution in [0.4, 0.5) is 0 Å². The second-order valence-electron chi connectivity index (χ2n) is 4.57. The molecule has 88 valence electrons. The van der Waals surface area contributed by atoms with Crippen LogP contribution in [0.15, 0.2) is 0 Å². The van der Waals surface area contributed by atoms with E-state index in [1.807, 2.05) is 0 Å². The van der Waals surface area contributed by atoms with Gasteiger partial charge >= 0.3 is 0 Å². The van der Waals surface area contributed by atoms with Gasteiger partial charge in [-0.15, -0.1) is 0 Å². The molecule has 1 fully saturated rings. The first-order valence-corrected chi connectivity index (χ1v) is 6.47. The summed E-state index contributed by atoms with van der Waals surface area (Å²) < 4.78 is 5.82. The van der Waals surface area contributed by atoms with Crippen LogP contribution in [0.1, 0.15) is 64.7 Å². The predicted molar refractivity (Wildman–Crippen MR) is 62.0 cm³/mol. The van der Waals surface area contributed by atoms with Crippen molar-refractivity contribution in [2.75, 3.05) is 0 Å². The van der Waals surface area contributed by atoms with Crippen molar-refractivity contribution < 1.29 is 9.53 Å². The molecule has 0 saturated carbocycles. The summed E-state index contributed by atoms with van der Waals surface area (Å²) in [4.78, 5) is 10.8. The topological polar surface area (TPSA) is 26.3 Å². The lowest BCUT2D eigenvalue weighted by molar-refractivity contribution is -0.124. The van der Waals surface area contributed by atoms with E-state index in [2.05, 4.69) is 6.92 Å². The number of aldehydes is 1. The third-order valence-corrected chi connectivity index (χ3v) is 3.16. The Labute approximate surface area is 93.4 Å². The maximum absolute atomic E-state index is 10.8. The highest BCUT2D eigenvalue weighted by atomic mass is 16.5. The van der Waals surface area contributed by atoms with Crippen molar-refractivity contribution in [1.29, 1.82) is 0 Å². The summed E-state index contributed by atoms with van der Waals surface area (Å²) in [5, 5.41) is 0. The molecule has 0 amide bonds. The van der Waals surface area contributed by atoms with Gasteiger partial charge in [0.15, 0.2) is 0 Å². The largest absolute Gasteiger partial charge is 0.368 e. The fourth-order valence-corrected chi connectivity index (χ4v) is 2.21. The van der Waals surface area contributed by atoms with E-state index in [1.54, 1.807) is 0 Å². The molecular weight excluding hydrogens is 188 g/mol. The first-order chi connectivity index (χ1) is 7.36. The molecule has 2 heteroatoms. The Morgan fingerprint density at radius 2 is 2.00 bits per heavy atom. The third kappa shape index (κ3) is 5.31. The molecule has 0 radical (unpaired) electrons. The first-order valence-electron chi connectivity index (χ1n) is 6.47. The number of carbonyl (C=O) groups excluding carboxylic acids is 1. The molecule has 1 aliphatic rings. The van der Waals surface area contributed by atoms with Gasteiger partial charge in [-0.1, -0.05) is 45.4 Å². The van der Waals surface area contributed by atoms with E-state index in [1.165, 1.54) is 32.1 Å². The van der Waals surface area contributed by atoms with Crippen LogP contribution in [0, 0.1) is 0 Å². The molecule has 0 aromatic carbocycles. The van der Waals surface area contributed by atoms with Crippen molar-refractivity contribution >= 4 is 6.29 Å². The Morgan fingerprint density at radius 3 is 2.73 bits per heavy atom. The van der Waals surface area contributed by atoms with Crippen LogP contribution >= 0.6 is 0 Å². The van der Waals surface area contributed by atoms with Gasteiger partial charge in [0.2, 0.25) is 0 Å². The summed E-state index contributed by atoms with van der Waals surface area (Å²) in [7, 11) is 0. The van der Waals surface area contributed by atoms with Gasteiger partial charge in [-0.25, -0.2) is 0 Å². The number of rotatable bonds is 5. The van der Waals surface area contributed by atoms with Gasteiger partial charge < -0.3 is 9.53 Å². The van der Waals surface area contributed by atoms with E-state index in [0.29, 0.717) is 6.10 Å². The minimum atomic E-state index is -0.128. The zero-order valence-electron chi connectivity index (χ0n) is 9.91. The van der Waals surface area contributed by atoms with Crippen LogP contribution in [-0.2, 0) is 9.53 Å². The van der Waals surface area contributed by atoms with Gasteiger partial charge in [0.05, 0.1) is 6.10 Å². The minimum absolute atomic E-state index is 0.128. The van der Waals surface area contributed by atoms with Crippen LogP contribution in [-0.4, -0.2) is 18.5 Å². The van der Waals surface area contributed by atoms with Gasteiger partial charge in [0.1, 0.15) is 12.4 Å². The van der Waals surface area contributed by atoms with Gasteiger partial charge in [0.25, 0.3) is 0 Å². The zero-order valence-corrected chi connectivity index (χ0v) is 9.91. The SMILES string of the molecule is CCCCC[C@@H]1CCCCC[C@H](C=O)O1. The minimum Gasteiger partial charge on any atom is -0.368 e. The summed E-state index contributed by atoms with van der Waals surface area (Å²) in [5.41, 5.74) is 0. The summed E-state index contributed by atoms with van der Waals surface area (Å²) in [6.07, 6.45) is 11.9. The van der Waals surface area contributed by atoms with Crippen LogP contribution in [0.25, 0.3) is 0 Å². The monoisotopic (exact) mass is 212 g/mol. The molecule has 0 bridgehead atoms. The van der Waals surface area contributed by atoms with Crippen molar-refractivity contribution in [1.82, 2.24) is 0 Å². The fourth-order valence-electron chi connectivity index (χ4n) is 2.21. The molecule has 0 unspecified atom stereocenters. The number of hydrogen-bond donors (Lipinski definition) is 0. The van der Waals surface area contributed by atoms with Gasteiger partial charge in [-0.05, 0) is 19.3 Å². The second kappa shape index (κ2) is 7.86. The number of ether oxygens (including phenoxy) is 1. The quantitative estimate of drug-likeness (QED) is 0.515. The number of hydrogen-bond acceptors (Lipinski definition) is 2. The molecular formula is C13H24O2. The van der Waals surface area contributed by atoms with Crippen LogP contribution in [0.5, 0.6) is 0 Å². The highest BCUT2D eigenvalue weighted by Crippen LogP contribution is 2.20. The van der Waals surface area contributed by atoms with Crippen LogP contribution in [0.3, 0.4) is 0 Å². The smallest absolute Gasteiger partial charge is 0.148 e. The normalized spacial score (nSPS) is 28.1. The van der Waals surface area contributed by atoms with E-state index in [-0.39, 0.29) is 6.10 Å². The second-order valence-corrected chi connectivity index (χ2v) is 4.57. The summed E-state index contributed by atoms with van der Waals surface area (Å²) >= 11 is 0. The Kier molecular flexibility index (Phi) is 6.66. The molecule has 0 aliphatic carbocycles. The van der Waals surface area contributed by atoms with Crippen molar-refractivity contribution in [3.63, 3.8) is 0 Å². The summed E-state index contributed by atoms with van der Waals surface area (Å²) in [5.74, 6) is 0. The number of unbranched alkanes of at least 4 members (excludes halogenated alkanes) is 2. The Hall–Kier alpha value is -0.370. The molecule has 1 saturated heterocycles. The summed E-state index contributed by atoms with van der Waals surface area (Å²) in [6, 6.07) is 0. The molecule has 1 aliphatic heterocycles. The standard InChI is InChI=1S/C13H24O2/c1-2-3-5-8-12-9-6-4-7-10-13(11-14)15-12/h11-13H,2-10H2,1H3/t12-,13-/m1/s1. The maximum atomic E-state index is 10.8. The Morgan fingerprint density at radius 1 is 1.20 bits per heavy atom. The molecule has 2 atom stereocenters. The highest BCUT2D eigenvalue weighted by molar-refractivity contribution is 5.55. The van der Waals surface area contributed by atoms with Gasteiger partial charge in [-0.3, -0.25) is 0 Å². The average Bonchev–Trinajstić information content (AvgIpc) is 2.21. The van der Waals surface area contributed by atoms with E-state index >= 15 is 0 Å². The predicted octanol–water partition coefficient (Wildman–Crippen LogP) is 3.48. The lowest BCUT2D eigenvalue weighted by Crippen LogP contribution is -2.25. The lowest BCUT2D eigenvalue weighted by Gasteiger charge is -2.24. The molecule has 0 aromatic rings. The molecule has 1 rings (SSSR count). The highest BCUT2D eigenvalue weighted by Gasteiger charge is 2.18. The van der Waals surface area contributed by atoms with E-state index in [9.17, 15) is 4.79 Å². The molecule has 2 nitrogen and oxygen atoms in total. The number of carbonyl (C=O) groups is 1. The Balaban J connectivity index is 2.28. The van der Waals surface area contributed by atoms with Crippen molar-refractivity contribution in [3.8, 4) is 0 Å². The molecule has 15 heavy (non-hydrogen) atoms. The average molecular weight is 212 g/mol. The fraction of sp³-hybridized carbons (Fsp3) is 0.923. The molecule has 0 aromatic heterocycles. The zero-order chi connectivity index (χ0) is 10.9.